The topological polar surface area (TPSA) is 107 Å². The number of nitrogen functional groups attached to an aromatic ring is 1. The molecule has 0 bridgehead atoms. The number of anilines is 3. The first kappa shape index (κ1) is 18.8. The Balaban J connectivity index is 1.41. The minimum Gasteiger partial charge on any atom is -0.486 e. The van der Waals surface area contributed by atoms with Crippen LogP contribution in [-0.4, -0.2) is 50.3 Å². The van der Waals surface area contributed by atoms with Crippen molar-refractivity contribution in [1.82, 2.24) is 4.98 Å². The Hall–Kier alpha value is -3.20. The molecule has 0 unspecified atom stereocenters. The zero-order valence-electron chi connectivity index (χ0n) is 16.5. The van der Waals surface area contributed by atoms with E-state index in [1.165, 1.54) is 11.3 Å². The van der Waals surface area contributed by atoms with Crippen molar-refractivity contribution in [2.75, 3.05) is 54.9 Å². The van der Waals surface area contributed by atoms with Gasteiger partial charge in [0.05, 0.1) is 16.8 Å². The van der Waals surface area contributed by atoms with Crippen LogP contribution in [0.3, 0.4) is 0 Å². The van der Waals surface area contributed by atoms with Gasteiger partial charge in [-0.05, 0) is 24.6 Å². The number of carbonyl (C=O) groups excluding carboxylic acids is 1. The first-order valence-electron chi connectivity index (χ1n) is 9.98. The molecule has 2 aromatic heterocycles. The number of hydrogen-bond donors (Lipinski definition) is 2. The number of fused-ring (bicyclic) bond motifs is 2. The molecule has 156 valence electrons. The second kappa shape index (κ2) is 7.56. The SMILES string of the molecule is NC(=O)c1sc2nccc(N3CCCN(c4ccc5c(c4)OCCO5)CC3)c2c1N. The van der Waals surface area contributed by atoms with Crippen LogP contribution in [0.1, 0.15) is 16.1 Å². The minimum atomic E-state index is -0.512. The molecule has 0 atom stereocenters. The van der Waals surface area contributed by atoms with Crippen molar-refractivity contribution in [2.24, 2.45) is 5.73 Å². The number of nitrogens with zero attached hydrogens (tertiary/aromatic N) is 3. The van der Waals surface area contributed by atoms with Crippen LogP contribution in [0.2, 0.25) is 0 Å². The van der Waals surface area contributed by atoms with Gasteiger partial charge in [-0.3, -0.25) is 4.79 Å². The Morgan fingerprint density at radius 2 is 1.80 bits per heavy atom. The summed E-state index contributed by atoms with van der Waals surface area (Å²) in [6, 6.07) is 8.10. The van der Waals surface area contributed by atoms with Gasteiger partial charge in [0.1, 0.15) is 22.9 Å². The van der Waals surface area contributed by atoms with E-state index in [9.17, 15) is 4.79 Å². The summed E-state index contributed by atoms with van der Waals surface area (Å²) in [7, 11) is 0. The van der Waals surface area contributed by atoms with Crippen LogP contribution in [0, 0.1) is 0 Å². The van der Waals surface area contributed by atoms with Crippen molar-refractivity contribution in [2.45, 2.75) is 6.42 Å². The standard InChI is InChI=1S/C21H23N5O3S/c22-18-17-14(4-5-24-21(17)30-19(18)20(23)27)26-7-1-6-25(8-9-26)13-2-3-15-16(12-13)29-11-10-28-15/h2-5,12H,1,6-11,22H2,(H2,23,27). The van der Waals surface area contributed by atoms with E-state index in [1.807, 2.05) is 12.1 Å². The van der Waals surface area contributed by atoms with Crippen molar-refractivity contribution in [3.05, 3.63) is 35.3 Å². The molecule has 1 aromatic carbocycles. The summed E-state index contributed by atoms with van der Waals surface area (Å²) in [5.41, 5.74) is 14.3. The third kappa shape index (κ3) is 3.24. The van der Waals surface area contributed by atoms with Gasteiger partial charge in [0.2, 0.25) is 0 Å². The van der Waals surface area contributed by atoms with Crippen molar-refractivity contribution in [3.63, 3.8) is 0 Å². The van der Waals surface area contributed by atoms with Crippen molar-refractivity contribution in [3.8, 4) is 11.5 Å². The zero-order chi connectivity index (χ0) is 20.7. The lowest BCUT2D eigenvalue weighted by atomic mass is 10.2. The quantitative estimate of drug-likeness (QED) is 0.664. The summed E-state index contributed by atoms with van der Waals surface area (Å²) < 4.78 is 11.4. The number of amides is 1. The van der Waals surface area contributed by atoms with Gasteiger partial charge < -0.3 is 30.7 Å². The molecule has 1 amide bonds. The molecule has 30 heavy (non-hydrogen) atoms. The van der Waals surface area contributed by atoms with Gasteiger partial charge in [0, 0.05) is 44.1 Å². The lowest BCUT2D eigenvalue weighted by Gasteiger charge is -2.26. The fourth-order valence-corrected chi connectivity index (χ4v) is 5.06. The molecule has 0 radical (unpaired) electrons. The number of thiophene rings is 1. The maximum atomic E-state index is 11.7. The van der Waals surface area contributed by atoms with E-state index in [0.29, 0.717) is 23.8 Å². The van der Waals surface area contributed by atoms with Gasteiger partial charge in [-0.2, -0.15) is 0 Å². The molecule has 1 saturated heterocycles. The first-order chi connectivity index (χ1) is 14.6. The van der Waals surface area contributed by atoms with Crippen LogP contribution >= 0.6 is 11.3 Å². The molecule has 2 aliphatic rings. The zero-order valence-corrected chi connectivity index (χ0v) is 17.3. The summed E-state index contributed by atoms with van der Waals surface area (Å²) in [6.07, 6.45) is 2.76. The van der Waals surface area contributed by atoms with Gasteiger partial charge in [-0.15, -0.1) is 11.3 Å². The number of hydrogen-bond acceptors (Lipinski definition) is 8. The number of rotatable bonds is 3. The van der Waals surface area contributed by atoms with Gasteiger partial charge >= 0.3 is 0 Å². The van der Waals surface area contributed by atoms with Gasteiger partial charge in [-0.25, -0.2) is 4.98 Å². The van der Waals surface area contributed by atoms with E-state index < -0.39 is 5.91 Å². The predicted molar refractivity (Wildman–Crippen MR) is 119 cm³/mol. The third-order valence-corrected chi connectivity index (χ3v) is 6.69. The summed E-state index contributed by atoms with van der Waals surface area (Å²) in [5, 5.41) is 0.823. The molecule has 3 aromatic rings. The normalized spacial score (nSPS) is 16.5. The molecule has 0 spiro atoms. The van der Waals surface area contributed by atoms with Crippen LogP contribution in [0.15, 0.2) is 30.5 Å². The van der Waals surface area contributed by atoms with E-state index in [1.54, 1.807) is 6.20 Å². The number of benzene rings is 1. The Morgan fingerprint density at radius 3 is 2.63 bits per heavy atom. The van der Waals surface area contributed by atoms with E-state index in [4.69, 9.17) is 20.9 Å². The highest BCUT2D eigenvalue weighted by Crippen LogP contribution is 2.39. The molecule has 0 saturated carbocycles. The molecule has 1 fully saturated rings. The molecular weight excluding hydrogens is 402 g/mol. The summed E-state index contributed by atoms with van der Waals surface area (Å²) in [4.78, 5) is 21.9. The van der Waals surface area contributed by atoms with E-state index in [0.717, 1.165) is 65.7 Å². The van der Waals surface area contributed by atoms with Crippen molar-refractivity contribution in [1.29, 1.82) is 0 Å². The Kier molecular flexibility index (Phi) is 4.74. The molecular formula is C21H23N5O3S. The van der Waals surface area contributed by atoms with Crippen LogP contribution in [0.5, 0.6) is 11.5 Å². The smallest absolute Gasteiger partial charge is 0.260 e. The summed E-state index contributed by atoms with van der Waals surface area (Å²) >= 11 is 1.25. The maximum Gasteiger partial charge on any atom is 0.260 e. The molecule has 8 nitrogen and oxygen atoms in total. The van der Waals surface area contributed by atoms with E-state index >= 15 is 0 Å². The maximum absolute atomic E-state index is 11.7. The van der Waals surface area contributed by atoms with Crippen LogP contribution < -0.4 is 30.7 Å². The van der Waals surface area contributed by atoms with Gasteiger partial charge in [0.15, 0.2) is 11.5 Å². The predicted octanol–water partition coefficient (Wildman–Crippen LogP) is 2.47. The number of primary amides is 1. The summed E-state index contributed by atoms with van der Waals surface area (Å²) in [5.74, 6) is 1.10. The highest BCUT2D eigenvalue weighted by atomic mass is 32.1. The van der Waals surface area contributed by atoms with E-state index in [-0.39, 0.29) is 0 Å². The number of aromatic nitrogens is 1. The second-order valence-corrected chi connectivity index (χ2v) is 8.37. The average Bonchev–Trinajstić information content (AvgIpc) is 2.95. The number of ether oxygens (including phenoxy) is 2. The highest BCUT2D eigenvalue weighted by Gasteiger charge is 2.23. The fourth-order valence-electron chi connectivity index (χ4n) is 4.12. The van der Waals surface area contributed by atoms with E-state index in [2.05, 4.69) is 26.9 Å². The minimum absolute atomic E-state index is 0.373. The molecule has 5 rings (SSSR count). The number of carbonyl (C=O) groups is 1. The third-order valence-electron chi connectivity index (χ3n) is 5.56. The Morgan fingerprint density at radius 1 is 1.03 bits per heavy atom. The monoisotopic (exact) mass is 425 g/mol. The van der Waals surface area contributed by atoms with Crippen LogP contribution in [0.25, 0.3) is 10.2 Å². The molecule has 2 aliphatic heterocycles. The van der Waals surface area contributed by atoms with Gasteiger partial charge in [0.25, 0.3) is 5.91 Å². The molecule has 4 N–H and O–H groups in total. The highest BCUT2D eigenvalue weighted by molar-refractivity contribution is 7.21. The van der Waals surface area contributed by atoms with Crippen molar-refractivity contribution >= 4 is 44.5 Å². The second-order valence-electron chi connectivity index (χ2n) is 7.37. The van der Waals surface area contributed by atoms with Crippen molar-refractivity contribution < 1.29 is 14.3 Å². The van der Waals surface area contributed by atoms with Crippen LogP contribution in [0.4, 0.5) is 17.1 Å². The number of pyridine rings is 1. The lowest BCUT2D eigenvalue weighted by molar-refractivity contribution is 0.100. The Bertz CT molecular complexity index is 1120. The van der Waals surface area contributed by atoms with Crippen LogP contribution in [-0.2, 0) is 0 Å². The Labute approximate surface area is 178 Å². The molecule has 0 aliphatic carbocycles. The van der Waals surface area contributed by atoms with Gasteiger partial charge in [-0.1, -0.05) is 0 Å². The average molecular weight is 426 g/mol. The number of nitrogens with two attached hydrogens (primary N) is 2. The summed E-state index contributed by atoms with van der Waals surface area (Å²) in [6.45, 7) is 4.69. The lowest BCUT2D eigenvalue weighted by Crippen LogP contribution is -2.31. The molecule has 9 heteroatoms. The molecule has 4 heterocycles. The fraction of sp³-hybridized carbons (Fsp3) is 0.333. The largest absolute Gasteiger partial charge is 0.486 e. The first-order valence-corrected chi connectivity index (χ1v) is 10.8.